The van der Waals surface area contributed by atoms with Crippen molar-refractivity contribution in [2.24, 2.45) is 0 Å². The molecule has 8 nitrogen and oxygen atoms in total. The Bertz CT molecular complexity index is 1520. The molecule has 1 aromatic carbocycles. The summed E-state index contributed by atoms with van der Waals surface area (Å²) in [6.07, 6.45) is 3.64. The maximum Gasteiger partial charge on any atom is 0.254 e. The third-order valence-electron chi connectivity index (χ3n) is 6.43. The van der Waals surface area contributed by atoms with Crippen molar-refractivity contribution in [2.75, 3.05) is 20.3 Å². The summed E-state index contributed by atoms with van der Waals surface area (Å²) in [4.78, 5) is 20.7. The fourth-order valence-electron chi connectivity index (χ4n) is 4.25. The number of rotatable bonds is 11. The average molecular weight is 562 g/mol. The van der Waals surface area contributed by atoms with E-state index in [1.54, 1.807) is 18.0 Å². The van der Waals surface area contributed by atoms with Gasteiger partial charge in [-0.2, -0.15) is 10.4 Å². The number of aryl methyl sites for hydroxylation is 1. The van der Waals surface area contributed by atoms with Gasteiger partial charge >= 0.3 is 0 Å². The van der Waals surface area contributed by atoms with Crippen LogP contribution in [0, 0.1) is 18.3 Å². The normalized spacial score (nSPS) is 11.5. The van der Waals surface area contributed by atoms with E-state index >= 15 is 0 Å². The number of hydrogen-bond donors (Lipinski definition) is 0. The van der Waals surface area contributed by atoms with Crippen LogP contribution in [0.4, 0.5) is 0 Å². The van der Waals surface area contributed by atoms with E-state index in [-0.39, 0.29) is 5.91 Å². The Morgan fingerprint density at radius 1 is 1.23 bits per heavy atom. The molecule has 1 amide bonds. The van der Waals surface area contributed by atoms with Crippen molar-refractivity contribution >= 4 is 36.2 Å². The number of carbonyl (C=O) groups is 1. The molecule has 0 spiro atoms. The smallest absolute Gasteiger partial charge is 0.254 e. The number of pyridine rings is 1. The maximum atomic E-state index is 13.5. The molecule has 0 saturated carbocycles. The molecule has 0 radical (unpaired) electrons. The quantitative estimate of drug-likeness (QED) is 0.157. The summed E-state index contributed by atoms with van der Waals surface area (Å²) in [6, 6.07) is 10.6. The summed E-state index contributed by atoms with van der Waals surface area (Å²) >= 11 is 1.48. The lowest BCUT2D eigenvalue weighted by molar-refractivity contribution is 0.0781. The Hall–Kier alpha value is -3.52. The molecule has 3 heterocycles. The lowest BCUT2D eigenvalue weighted by atomic mass is 10.1. The first-order valence-corrected chi connectivity index (χ1v) is 17.6. The molecule has 0 fully saturated rings. The van der Waals surface area contributed by atoms with Crippen molar-refractivity contribution in [1.82, 2.24) is 19.7 Å². The largest absolute Gasteiger partial charge is 0.493 e. The number of ether oxygens (including phenoxy) is 2. The summed E-state index contributed by atoms with van der Waals surface area (Å²) < 4.78 is 13.7. The van der Waals surface area contributed by atoms with Gasteiger partial charge in [-0.15, -0.1) is 11.3 Å². The summed E-state index contributed by atoms with van der Waals surface area (Å²) in [5.41, 5.74) is 4.73. The molecule has 0 aliphatic rings. The summed E-state index contributed by atoms with van der Waals surface area (Å²) in [6.45, 7) is 12.8. The number of benzene rings is 1. The fourth-order valence-corrected chi connectivity index (χ4v) is 5.88. The molecule has 4 aromatic rings. The second-order valence-corrected chi connectivity index (χ2v) is 17.3. The van der Waals surface area contributed by atoms with Gasteiger partial charge in [-0.25, -0.2) is 4.68 Å². The van der Waals surface area contributed by atoms with Gasteiger partial charge in [-0.05, 0) is 44.2 Å². The Morgan fingerprint density at radius 2 is 2.03 bits per heavy atom. The molecule has 0 bridgehead atoms. The topological polar surface area (TPSA) is 93.3 Å². The first-order valence-electron chi connectivity index (χ1n) is 13.0. The van der Waals surface area contributed by atoms with Crippen LogP contribution in [-0.2, 0) is 18.0 Å². The first kappa shape index (κ1) is 28.5. The fraction of sp³-hybridized carbons (Fsp3) is 0.379. The Balaban J connectivity index is 1.56. The second-order valence-electron chi connectivity index (χ2n) is 10.7. The van der Waals surface area contributed by atoms with E-state index in [9.17, 15) is 10.1 Å². The molecule has 0 atom stereocenters. The van der Waals surface area contributed by atoms with E-state index in [0.29, 0.717) is 43.4 Å². The number of aromatic nitrogens is 3. The van der Waals surface area contributed by atoms with E-state index < -0.39 is 8.07 Å². The molecule has 0 saturated heterocycles. The molecule has 0 unspecified atom stereocenters. The molecule has 204 valence electrons. The van der Waals surface area contributed by atoms with Gasteiger partial charge in [0, 0.05) is 72.5 Å². The van der Waals surface area contributed by atoms with Crippen molar-refractivity contribution in [1.29, 1.82) is 5.26 Å². The number of amides is 1. The third-order valence-corrected chi connectivity index (χ3v) is 9.10. The van der Waals surface area contributed by atoms with E-state index in [4.69, 9.17) is 9.47 Å². The van der Waals surface area contributed by atoms with Gasteiger partial charge in [0.1, 0.15) is 18.5 Å². The second kappa shape index (κ2) is 12.1. The number of nitrogens with zero attached hydrogens (tertiary/aromatic N) is 5. The molecule has 39 heavy (non-hydrogen) atoms. The standard InChI is InChI=1S/C29H35N5O3SSi/c1-7-37-26-13-22(8-9-24(26)27-12-21(14-30)18-38-27)29(35)33(3)17-23-15-31-20(2)25-16-32-34(28(23)25)19-36-10-11-39(4,5)6/h8-9,12-13,15-16,18H,7,10-11,17,19H2,1-6H3. The summed E-state index contributed by atoms with van der Waals surface area (Å²) in [5.74, 6) is 0.494. The third kappa shape index (κ3) is 6.74. The van der Waals surface area contributed by atoms with Crippen molar-refractivity contribution in [3.05, 3.63) is 64.4 Å². The highest BCUT2D eigenvalue weighted by Crippen LogP contribution is 2.35. The number of carbonyl (C=O) groups excluding carboxylic acids is 1. The average Bonchev–Trinajstić information content (AvgIpc) is 3.55. The first-order chi connectivity index (χ1) is 18.6. The Morgan fingerprint density at radius 3 is 2.72 bits per heavy atom. The van der Waals surface area contributed by atoms with Gasteiger partial charge in [0.15, 0.2) is 0 Å². The van der Waals surface area contributed by atoms with Crippen LogP contribution in [0.3, 0.4) is 0 Å². The van der Waals surface area contributed by atoms with Crippen molar-refractivity contribution in [3.63, 3.8) is 0 Å². The zero-order valence-corrected chi connectivity index (χ0v) is 25.3. The number of nitriles is 1. The number of hydrogen-bond acceptors (Lipinski definition) is 7. The zero-order valence-electron chi connectivity index (χ0n) is 23.4. The highest BCUT2D eigenvalue weighted by molar-refractivity contribution is 7.13. The molecular weight excluding hydrogens is 527 g/mol. The van der Waals surface area contributed by atoms with Gasteiger partial charge in [-0.1, -0.05) is 19.6 Å². The van der Waals surface area contributed by atoms with E-state index in [2.05, 4.69) is 35.8 Å². The van der Waals surface area contributed by atoms with Crippen LogP contribution in [0.25, 0.3) is 21.3 Å². The van der Waals surface area contributed by atoms with Gasteiger partial charge in [0.25, 0.3) is 5.91 Å². The number of thiophene rings is 1. The molecule has 0 aliphatic heterocycles. The highest BCUT2D eigenvalue weighted by Gasteiger charge is 2.20. The molecule has 0 N–H and O–H groups in total. The predicted octanol–water partition coefficient (Wildman–Crippen LogP) is 6.32. The minimum Gasteiger partial charge on any atom is -0.493 e. The van der Waals surface area contributed by atoms with Crippen LogP contribution in [0.5, 0.6) is 5.75 Å². The zero-order chi connectivity index (χ0) is 28.2. The van der Waals surface area contributed by atoms with Crippen LogP contribution in [0.2, 0.25) is 25.7 Å². The van der Waals surface area contributed by atoms with Crippen LogP contribution < -0.4 is 4.74 Å². The predicted molar refractivity (Wildman–Crippen MR) is 158 cm³/mol. The Kier molecular flexibility index (Phi) is 8.85. The molecule has 4 rings (SSSR count). The SMILES string of the molecule is CCOc1cc(C(=O)N(C)Cc2cnc(C)c3cnn(COCC[Si](C)(C)C)c23)ccc1-c1cc(C#N)cs1. The van der Waals surface area contributed by atoms with Gasteiger partial charge in [0.2, 0.25) is 0 Å². The summed E-state index contributed by atoms with van der Waals surface area (Å²) in [7, 11) is 0.601. The molecular formula is C29H35N5O3SSi. The Labute approximate surface area is 234 Å². The van der Waals surface area contributed by atoms with Crippen molar-refractivity contribution < 1.29 is 14.3 Å². The van der Waals surface area contributed by atoms with Crippen LogP contribution >= 0.6 is 11.3 Å². The van der Waals surface area contributed by atoms with Gasteiger partial charge in [0.05, 0.1) is 23.9 Å². The van der Waals surface area contributed by atoms with Crippen molar-refractivity contribution in [2.45, 2.75) is 52.8 Å². The van der Waals surface area contributed by atoms with E-state index in [1.165, 1.54) is 11.3 Å². The van der Waals surface area contributed by atoms with Crippen molar-refractivity contribution in [3.8, 4) is 22.3 Å². The molecule has 10 heteroatoms. The van der Waals surface area contributed by atoms with Gasteiger partial charge < -0.3 is 14.4 Å². The number of fused-ring (bicyclic) bond motifs is 1. The monoisotopic (exact) mass is 561 g/mol. The maximum absolute atomic E-state index is 13.5. The lowest BCUT2D eigenvalue weighted by Crippen LogP contribution is -2.27. The van der Waals surface area contributed by atoms with Gasteiger partial charge in [-0.3, -0.25) is 9.78 Å². The molecule has 3 aromatic heterocycles. The van der Waals surface area contributed by atoms with Crippen LogP contribution in [0.15, 0.2) is 42.0 Å². The highest BCUT2D eigenvalue weighted by atomic mass is 32.1. The minimum atomic E-state index is -1.18. The van der Waals surface area contributed by atoms with Crippen LogP contribution in [-0.4, -0.2) is 53.9 Å². The lowest BCUT2D eigenvalue weighted by Gasteiger charge is -2.20. The molecule has 0 aliphatic carbocycles. The van der Waals surface area contributed by atoms with E-state index in [1.807, 2.05) is 54.5 Å². The van der Waals surface area contributed by atoms with E-state index in [0.717, 1.165) is 38.6 Å². The van der Waals surface area contributed by atoms with Crippen LogP contribution in [0.1, 0.15) is 34.1 Å². The minimum absolute atomic E-state index is 0.127. The summed E-state index contributed by atoms with van der Waals surface area (Å²) in [5, 5.41) is 16.5.